The van der Waals surface area contributed by atoms with Gasteiger partial charge in [0, 0.05) is 14.1 Å². The molecule has 18 heavy (non-hydrogen) atoms. The lowest BCUT2D eigenvalue weighted by Gasteiger charge is -2.32. The number of hydrogen-bond acceptors (Lipinski definition) is 4. The lowest BCUT2D eigenvalue weighted by atomic mass is 9.84. The zero-order valence-electron chi connectivity index (χ0n) is 12.0. The van der Waals surface area contributed by atoms with E-state index in [1.807, 2.05) is 64.9 Å². The molecule has 0 bridgehead atoms. The van der Waals surface area contributed by atoms with Gasteiger partial charge in [-0.15, -0.1) is 0 Å². The summed E-state index contributed by atoms with van der Waals surface area (Å²) in [5, 5.41) is 0. The van der Waals surface area contributed by atoms with Crippen LogP contribution in [0.25, 0.3) is 0 Å². The van der Waals surface area contributed by atoms with E-state index in [4.69, 9.17) is 9.31 Å². The van der Waals surface area contributed by atoms with Gasteiger partial charge in [-0.05, 0) is 39.8 Å². The zero-order valence-corrected chi connectivity index (χ0v) is 12.0. The molecule has 1 aliphatic heterocycles. The van der Waals surface area contributed by atoms with E-state index in [-0.39, 0.29) is 11.2 Å². The summed E-state index contributed by atoms with van der Waals surface area (Å²) in [6.45, 7) is 8.18. The van der Waals surface area contributed by atoms with Crippen LogP contribution in [-0.4, -0.2) is 37.4 Å². The molecule has 1 aliphatic rings. The molecule has 5 heteroatoms. The van der Waals surface area contributed by atoms with Crippen LogP contribution >= 0.6 is 0 Å². The largest absolute Gasteiger partial charge is 0.514 e. The SMILES string of the molecule is CN(C)c1cccc(B2OC(C)(C)C(C)(C)O2)n1. The van der Waals surface area contributed by atoms with Crippen LogP contribution in [0, 0.1) is 0 Å². The average molecular weight is 248 g/mol. The van der Waals surface area contributed by atoms with Crippen LogP contribution < -0.4 is 10.5 Å². The third kappa shape index (κ3) is 2.25. The number of pyridine rings is 1. The van der Waals surface area contributed by atoms with Crippen molar-refractivity contribution in [1.82, 2.24) is 4.98 Å². The third-order valence-corrected chi connectivity index (χ3v) is 3.71. The Hall–Kier alpha value is -1.07. The summed E-state index contributed by atoms with van der Waals surface area (Å²) < 4.78 is 12.0. The summed E-state index contributed by atoms with van der Waals surface area (Å²) in [7, 11) is 3.54. The fraction of sp³-hybridized carbons (Fsp3) is 0.615. The standard InChI is InChI=1S/C13H21BN2O2/c1-12(2)13(3,4)18-14(17-12)10-8-7-9-11(15-10)16(5)6/h7-9H,1-6H3. The first kappa shape index (κ1) is 13.4. The Labute approximate surface area is 109 Å². The summed E-state index contributed by atoms with van der Waals surface area (Å²) >= 11 is 0. The van der Waals surface area contributed by atoms with Gasteiger partial charge in [-0.1, -0.05) is 6.07 Å². The van der Waals surface area contributed by atoms with E-state index in [1.54, 1.807) is 0 Å². The first-order valence-corrected chi connectivity index (χ1v) is 6.23. The zero-order chi connectivity index (χ0) is 13.6. The van der Waals surface area contributed by atoms with Gasteiger partial charge in [0.2, 0.25) is 0 Å². The van der Waals surface area contributed by atoms with Crippen LogP contribution in [0.1, 0.15) is 27.7 Å². The molecule has 0 aromatic carbocycles. The molecule has 98 valence electrons. The summed E-state index contributed by atoms with van der Waals surface area (Å²) in [4.78, 5) is 6.53. The van der Waals surface area contributed by atoms with Gasteiger partial charge in [-0.3, -0.25) is 0 Å². The quantitative estimate of drug-likeness (QED) is 0.742. The lowest BCUT2D eigenvalue weighted by Crippen LogP contribution is -2.41. The second-order valence-corrected chi connectivity index (χ2v) is 5.90. The number of hydrogen-bond donors (Lipinski definition) is 0. The van der Waals surface area contributed by atoms with Crippen LogP contribution in [0.3, 0.4) is 0 Å². The molecule has 0 atom stereocenters. The number of nitrogens with zero attached hydrogens (tertiary/aromatic N) is 2. The number of anilines is 1. The Morgan fingerprint density at radius 1 is 1.06 bits per heavy atom. The second kappa shape index (κ2) is 4.25. The molecule has 1 aromatic rings. The van der Waals surface area contributed by atoms with Crippen molar-refractivity contribution in [2.75, 3.05) is 19.0 Å². The van der Waals surface area contributed by atoms with Crippen LogP contribution in [0.4, 0.5) is 5.82 Å². The van der Waals surface area contributed by atoms with Crippen molar-refractivity contribution >= 4 is 18.5 Å². The highest BCUT2D eigenvalue weighted by atomic mass is 16.7. The molecule has 1 fully saturated rings. The maximum atomic E-state index is 5.98. The smallest absolute Gasteiger partial charge is 0.398 e. The molecular weight excluding hydrogens is 227 g/mol. The lowest BCUT2D eigenvalue weighted by molar-refractivity contribution is 0.00578. The molecule has 0 radical (unpaired) electrons. The van der Waals surface area contributed by atoms with Crippen molar-refractivity contribution in [3.8, 4) is 0 Å². The van der Waals surface area contributed by atoms with Crippen molar-refractivity contribution in [2.45, 2.75) is 38.9 Å². The molecule has 0 spiro atoms. The Kier molecular flexibility index (Phi) is 3.15. The molecule has 0 unspecified atom stereocenters. The van der Waals surface area contributed by atoms with Gasteiger partial charge in [-0.25, -0.2) is 4.98 Å². The molecule has 1 aromatic heterocycles. The fourth-order valence-corrected chi connectivity index (χ4v) is 1.78. The van der Waals surface area contributed by atoms with Crippen LogP contribution in [-0.2, 0) is 9.31 Å². The Morgan fingerprint density at radius 3 is 2.11 bits per heavy atom. The predicted molar refractivity (Wildman–Crippen MR) is 74.3 cm³/mol. The van der Waals surface area contributed by atoms with Crippen molar-refractivity contribution in [3.63, 3.8) is 0 Å². The van der Waals surface area contributed by atoms with Gasteiger partial charge < -0.3 is 14.2 Å². The molecule has 2 heterocycles. The molecule has 4 nitrogen and oxygen atoms in total. The van der Waals surface area contributed by atoms with Crippen LogP contribution in [0.2, 0.25) is 0 Å². The topological polar surface area (TPSA) is 34.6 Å². The van der Waals surface area contributed by atoms with Gasteiger partial charge in [0.25, 0.3) is 0 Å². The van der Waals surface area contributed by atoms with Gasteiger partial charge in [0.1, 0.15) is 5.82 Å². The highest BCUT2D eigenvalue weighted by Gasteiger charge is 2.52. The second-order valence-electron chi connectivity index (χ2n) is 5.90. The molecule has 0 saturated carbocycles. The Morgan fingerprint density at radius 2 is 1.61 bits per heavy atom. The minimum absolute atomic E-state index is 0.326. The molecule has 2 rings (SSSR count). The van der Waals surface area contributed by atoms with Gasteiger partial charge in [0.05, 0.1) is 16.8 Å². The maximum absolute atomic E-state index is 5.98. The van der Waals surface area contributed by atoms with E-state index in [0.29, 0.717) is 0 Å². The normalized spacial score (nSPS) is 21.1. The highest BCUT2D eigenvalue weighted by molar-refractivity contribution is 6.61. The molecule has 1 saturated heterocycles. The van der Waals surface area contributed by atoms with Crippen LogP contribution in [0.5, 0.6) is 0 Å². The summed E-state index contributed by atoms with van der Waals surface area (Å²) in [5.41, 5.74) is 0.167. The van der Waals surface area contributed by atoms with Crippen molar-refractivity contribution in [3.05, 3.63) is 18.2 Å². The predicted octanol–water partition coefficient (Wildman–Crippen LogP) is 1.45. The number of rotatable bonds is 2. The third-order valence-electron chi connectivity index (χ3n) is 3.71. The summed E-state index contributed by atoms with van der Waals surface area (Å²) in [6.07, 6.45) is 0. The van der Waals surface area contributed by atoms with Crippen molar-refractivity contribution < 1.29 is 9.31 Å². The average Bonchev–Trinajstić information content (AvgIpc) is 2.48. The van der Waals surface area contributed by atoms with E-state index in [1.165, 1.54) is 0 Å². The molecule has 0 amide bonds. The Balaban J connectivity index is 2.27. The van der Waals surface area contributed by atoms with Gasteiger partial charge in [-0.2, -0.15) is 0 Å². The Bertz CT molecular complexity index is 430. The summed E-state index contributed by atoms with van der Waals surface area (Å²) in [6, 6.07) is 5.88. The summed E-state index contributed by atoms with van der Waals surface area (Å²) in [5.74, 6) is 0.905. The van der Waals surface area contributed by atoms with Crippen molar-refractivity contribution in [1.29, 1.82) is 0 Å². The first-order chi connectivity index (χ1) is 8.23. The molecular formula is C13H21BN2O2. The van der Waals surface area contributed by atoms with E-state index in [9.17, 15) is 0 Å². The highest BCUT2D eigenvalue weighted by Crippen LogP contribution is 2.36. The van der Waals surface area contributed by atoms with Crippen LogP contribution in [0.15, 0.2) is 18.2 Å². The number of aromatic nitrogens is 1. The first-order valence-electron chi connectivity index (χ1n) is 6.23. The monoisotopic (exact) mass is 248 g/mol. The van der Waals surface area contributed by atoms with Crippen molar-refractivity contribution in [2.24, 2.45) is 0 Å². The van der Waals surface area contributed by atoms with E-state index < -0.39 is 7.12 Å². The van der Waals surface area contributed by atoms with E-state index >= 15 is 0 Å². The van der Waals surface area contributed by atoms with E-state index in [0.717, 1.165) is 11.4 Å². The fourth-order valence-electron chi connectivity index (χ4n) is 1.78. The maximum Gasteiger partial charge on any atom is 0.514 e. The van der Waals surface area contributed by atoms with Gasteiger partial charge >= 0.3 is 7.12 Å². The van der Waals surface area contributed by atoms with E-state index in [2.05, 4.69) is 4.98 Å². The minimum Gasteiger partial charge on any atom is -0.398 e. The van der Waals surface area contributed by atoms with Gasteiger partial charge in [0.15, 0.2) is 0 Å². The molecule has 0 aliphatic carbocycles. The minimum atomic E-state index is -0.394. The molecule has 0 N–H and O–H groups in total.